The van der Waals surface area contributed by atoms with Crippen molar-refractivity contribution in [2.24, 2.45) is 0 Å². The van der Waals surface area contributed by atoms with Gasteiger partial charge >= 0.3 is 0 Å². The molecule has 0 radical (unpaired) electrons. The third kappa shape index (κ3) is 6.09. The minimum atomic E-state index is 0.589. The predicted octanol–water partition coefficient (Wildman–Crippen LogP) is 16.2. The van der Waals surface area contributed by atoms with Crippen molar-refractivity contribution >= 4 is 93.1 Å². The number of benzene rings is 11. The Kier molecular flexibility index (Phi) is 7.84. The van der Waals surface area contributed by atoms with E-state index in [2.05, 4.69) is 205 Å². The summed E-state index contributed by atoms with van der Waals surface area (Å²) in [6.45, 7) is 0. The highest BCUT2D eigenvalue weighted by molar-refractivity contribution is 6.10. The molecule has 0 amide bonds. The Labute approximate surface area is 361 Å². The number of hydrogen-bond donors (Lipinski definition) is 0. The van der Waals surface area contributed by atoms with E-state index in [1.54, 1.807) is 0 Å². The van der Waals surface area contributed by atoms with Crippen LogP contribution in [0.15, 0.2) is 221 Å². The first-order valence-corrected chi connectivity index (χ1v) is 21.2. The Hall–Kier alpha value is -8.54. The first-order valence-electron chi connectivity index (χ1n) is 21.2. The number of nitrogens with zero attached hydrogens (tertiary/aromatic N) is 3. The molecule has 0 aliphatic carbocycles. The van der Waals surface area contributed by atoms with Crippen LogP contribution in [0, 0.1) is 0 Å². The van der Waals surface area contributed by atoms with Crippen LogP contribution in [-0.4, -0.2) is 9.97 Å². The summed E-state index contributed by atoms with van der Waals surface area (Å²) < 4.78 is 12.8. The van der Waals surface area contributed by atoms with Crippen molar-refractivity contribution in [1.82, 2.24) is 9.97 Å². The zero-order valence-electron chi connectivity index (χ0n) is 33.9. The summed E-state index contributed by atoms with van der Waals surface area (Å²) >= 11 is 0. The zero-order valence-corrected chi connectivity index (χ0v) is 33.9. The Morgan fingerprint density at radius 1 is 0.286 bits per heavy atom. The van der Waals surface area contributed by atoms with Crippen LogP contribution >= 0.6 is 0 Å². The molecule has 11 aromatic carbocycles. The van der Waals surface area contributed by atoms with Crippen molar-refractivity contribution in [3.05, 3.63) is 212 Å². The highest BCUT2D eigenvalue weighted by Gasteiger charge is 2.19. The van der Waals surface area contributed by atoms with Gasteiger partial charge in [-0.3, -0.25) is 0 Å². The average molecular weight is 806 g/mol. The van der Waals surface area contributed by atoms with Gasteiger partial charge in [0.05, 0.1) is 0 Å². The average Bonchev–Trinajstić information content (AvgIpc) is 3.98. The zero-order chi connectivity index (χ0) is 41.4. The molecule has 0 saturated carbocycles. The number of hydrogen-bond acceptors (Lipinski definition) is 5. The highest BCUT2D eigenvalue weighted by atomic mass is 16.4. The largest absolute Gasteiger partial charge is 0.436 e. The molecule has 0 bridgehead atoms. The lowest BCUT2D eigenvalue weighted by Gasteiger charge is -2.26. The maximum atomic E-state index is 6.38. The molecule has 13 aromatic rings. The quantitative estimate of drug-likeness (QED) is 0.157. The second-order valence-electron chi connectivity index (χ2n) is 16.3. The van der Waals surface area contributed by atoms with Crippen molar-refractivity contribution in [2.75, 3.05) is 4.90 Å². The fraction of sp³-hybridized carbons (Fsp3) is 0. The second-order valence-corrected chi connectivity index (χ2v) is 16.3. The molecule has 63 heavy (non-hydrogen) atoms. The van der Waals surface area contributed by atoms with Gasteiger partial charge in [-0.2, -0.15) is 0 Å². The Morgan fingerprint density at radius 2 is 0.651 bits per heavy atom. The molecule has 0 atom stereocenters. The van der Waals surface area contributed by atoms with Crippen LogP contribution in [0.25, 0.3) is 110 Å². The molecule has 0 fully saturated rings. The van der Waals surface area contributed by atoms with Crippen LogP contribution in [-0.2, 0) is 0 Å². The smallest absolute Gasteiger partial charge is 0.227 e. The van der Waals surface area contributed by atoms with E-state index in [-0.39, 0.29) is 0 Å². The van der Waals surface area contributed by atoms with E-state index in [9.17, 15) is 0 Å². The van der Waals surface area contributed by atoms with E-state index in [1.807, 2.05) is 12.1 Å². The van der Waals surface area contributed by atoms with Crippen molar-refractivity contribution < 1.29 is 8.83 Å². The summed E-state index contributed by atoms with van der Waals surface area (Å²) in [5.41, 5.74) is 10.2. The standard InChI is InChI=1S/C58H35N3O2/c1-4-10-39-29-42(16-13-36(39)7-1)43-21-25-51-44(30-43)17-18-45-33-48(22-26-52(45)51)61(49-23-27-55-53(34-49)59-57(62-55)46-19-14-37-8-2-5-11-40(37)31-46)50-24-28-56-54(35-50)60-58(63-56)47-20-15-38-9-3-6-12-41(38)32-47/h1-35H. The van der Waals surface area contributed by atoms with E-state index in [0.717, 1.165) is 66.5 Å². The number of fused-ring (bicyclic) bond motifs is 8. The number of rotatable bonds is 6. The van der Waals surface area contributed by atoms with Crippen molar-refractivity contribution in [2.45, 2.75) is 0 Å². The first-order chi connectivity index (χ1) is 31.1. The van der Waals surface area contributed by atoms with Gasteiger partial charge in [0.15, 0.2) is 11.2 Å². The maximum absolute atomic E-state index is 6.38. The van der Waals surface area contributed by atoms with Gasteiger partial charge in [-0.1, -0.05) is 127 Å². The Bertz CT molecular complexity index is 3800. The van der Waals surface area contributed by atoms with Crippen molar-refractivity contribution in [3.8, 4) is 34.0 Å². The molecule has 5 heteroatoms. The number of aromatic nitrogens is 2. The summed E-state index contributed by atoms with van der Waals surface area (Å²) in [4.78, 5) is 12.3. The van der Waals surface area contributed by atoms with Crippen LogP contribution in [0.2, 0.25) is 0 Å². The van der Waals surface area contributed by atoms with Gasteiger partial charge in [0.1, 0.15) is 11.0 Å². The molecule has 2 aromatic heterocycles. The molecule has 2 heterocycles. The first kappa shape index (κ1) is 35.2. The molecule has 0 saturated heterocycles. The topological polar surface area (TPSA) is 55.3 Å². The van der Waals surface area contributed by atoms with Gasteiger partial charge in [-0.25, -0.2) is 9.97 Å². The summed E-state index contributed by atoms with van der Waals surface area (Å²) in [6, 6.07) is 75.0. The van der Waals surface area contributed by atoms with E-state index in [1.165, 1.54) is 48.8 Å². The van der Waals surface area contributed by atoms with E-state index < -0.39 is 0 Å². The minimum Gasteiger partial charge on any atom is -0.436 e. The molecule has 294 valence electrons. The highest BCUT2D eigenvalue weighted by Crippen LogP contribution is 2.41. The van der Waals surface area contributed by atoms with Crippen molar-refractivity contribution in [1.29, 1.82) is 0 Å². The van der Waals surface area contributed by atoms with Gasteiger partial charge in [-0.05, 0) is 150 Å². The van der Waals surface area contributed by atoms with Gasteiger partial charge in [0.25, 0.3) is 0 Å². The van der Waals surface area contributed by atoms with E-state index in [0.29, 0.717) is 11.8 Å². The van der Waals surface area contributed by atoms with Crippen LogP contribution in [0.1, 0.15) is 0 Å². The Balaban J connectivity index is 0.922. The number of anilines is 3. The predicted molar refractivity (Wildman–Crippen MR) is 260 cm³/mol. The summed E-state index contributed by atoms with van der Waals surface area (Å²) in [7, 11) is 0. The van der Waals surface area contributed by atoms with Crippen LogP contribution in [0.3, 0.4) is 0 Å². The summed E-state index contributed by atoms with van der Waals surface area (Å²) in [5, 5.41) is 11.9. The van der Waals surface area contributed by atoms with Gasteiger partial charge < -0.3 is 13.7 Å². The van der Waals surface area contributed by atoms with E-state index in [4.69, 9.17) is 18.8 Å². The molecular weight excluding hydrogens is 771 g/mol. The third-order valence-corrected chi connectivity index (χ3v) is 12.4. The lowest BCUT2D eigenvalue weighted by atomic mass is 9.96. The van der Waals surface area contributed by atoms with Crippen LogP contribution < -0.4 is 4.90 Å². The van der Waals surface area contributed by atoms with Gasteiger partial charge in [0, 0.05) is 28.2 Å². The van der Waals surface area contributed by atoms with E-state index >= 15 is 0 Å². The Morgan fingerprint density at radius 3 is 1.17 bits per heavy atom. The molecule has 0 aliphatic heterocycles. The fourth-order valence-corrected chi connectivity index (χ4v) is 9.19. The molecule has 5 nitrogen and oxygen atoms in total. The fourth-order valence-electron chi connectivity index (χ4n) is 9.19. The van der Waals surface area contributed by atoms with Crippen LogP contribution in [0.5, 0.6) is 0 Å². The summed E-state index contributed by atoms with van der Waals surface area (Å²) in [5.74, 6) is 1.18. The third-order valence-electron chi connectivity index (χ3n) is 12.4. The van der Waals surface area contributed by atoms with Gasteiger partial charge in [-0.15, -0.1) is 0 Å². The lowest BCUT2D eigenvalue weighted by Crippen LogP contribution is -2.10. The normalized spacial score (nSPS) is 11.8. The maximum Gasteiger partial charge on any atom is 0.227 e. The number of oxazole rings is 2. The summed E-state index contributed by atoms with van der Waals surface area (Å²) in [6.07, 6.45) is 0. The molecular formula is C58H35N3O2. The van der Waals surface area contributed by atoms with Crippen LogP contribution in [0.4, 0.5) is 17.1 Å². The van der Waals surface area contributed by atoms with Crippen molar-refractivity contribution in [3.63, 3.8) is 0 Å². The molecule has 0 unspecified atom stereocenters. The molecule has 0 N–H and O–H groups in total. The second kappa shape index (κ2) is 14.0. The van der Waals surface area contributed by atoms with Gasteiger partial charge in [0.2, 0.25) is 11.8 Å². The lowest BCUT2D eigenvalue weighted by molar-refractivity contribution is 0.619. The monoisotopic (exact) mass is 805 g/mol. The molecule has 13 rings (SSSR count). The SMILES string of the molecule is c1ccc2cc(-c3ccc4c(ccc5cc(N(c6ccc7oc(-c8ccc9ccccc9c8)nc7c6)c6ccc7oc(-c8ccc9ccccc9c8)nc7c6)ccc54)c3)ccc2c1. The minimum absolute atomic E-state index is 0.589. The molecule has 0 aliphatic rings. The molecule has 0 spiro atoms.